The van der Waals surface area contributed by atoms with Crippen LogP contribution in [0.25, 0.3) is 22.0 Å². The van der Waals surface area contributed by atoms with Gasteiger partial charge in [0.05, 0.1) is 18.7 Å². The molecule has 0 radical (unpaired) electrons. The van der Waals surface area contributed by atoms with Crippen molar-refractivity contribution in [3.05, 3.63) is 72.1 Å². The molecule has 0 unspecified atom stereocenters. The van der Waals surface area contributed by atoms with Crippen LogP contribution in [0.5, 0.6) is 11.6 Å². The van der Waals surface area contributed by atoms with Crippen LogP contribution in [0, 0.1) is 17.6 Å². The van der Waals surface area contributed by atoms with Gasteiger partial charge in [-0.3, -0.25) is 9.48 Å². The Hall–Kier alpha value is -4.01. The highest BCUT2D eigenvalue weighted by atomic mass is 19.1. The second kappa shape index (κ2) is 9.93. The summed E-state index contributed by atoms with van der Waals surface area (Å²) in [7, 11) is 1.59. The van der Waals surface area contributed by atoms with Crippen LogP contribution >= 0.6 is 0 Å². The van der Waals surface area contributed by atoms with Gasteiger partial charge in [-0.05, 0) is 61.4 Å². The molecule has 0 bridgehead atoms. The van der Waals surface area contributed by atoms with Crippen LogP contribution in [0.2, 0.25) is 0 Å². The number of phenolic OH excluding ortho intramolecular Hbond substituents is 1. The van der Waals surface area contributed by atoms with Crippen molar-refractivity contribution >= 4 is 16.8 Å². The number of hydrogen-bond acceptors (Lipinski definition) is 5. The van der Waals surface area contributed by atoms with E-state index in [1.165, 1.54) is 0 Å². The number of nitrogens with one attached hydrogen (secondary N) is 1. The number of phenols is 1. The Morgan fingerprint density at radius 2 is 1.81 bits per heavy atom. The summed E-state index contributed by atoms with van der Waals surface area (Å²) in [6, 6.07) is 11.9. The molecule has 2 heterocycles. The Morgan fingerprint density at radius 3 is 2.47 bits per heavy atom. The van der Waals surface area contributed by atoms with Crippen LogP contribution in [0.15, 0.2) is 54.9 Å². The summed E-state index contributed by atoms with van der Waals surface area (Å²) < 4.78 is 34.2. The standard InChI is InChI=1S/C27H26F2N4O3/c1-36-25-9-6-18(14-30-25)17-4-5-19-15-33(32-24(19)12-17)21-7-2-16(3-8-21)13-31-27(35)20-10-22(28)26(34)23(29)11-20/h4-6,9-12,14-16,21,34H,2-3,7-8,13H2,1H3,(H,31,35)/t16-,21-. The molecule has 2 N–H and O–H groups in total. The summed E-state index contributed by atoms with van der Waals surface area (Å²) in [5.41, 5.74) is 2.80. The molecule has 36 heavy (non-hydrogen) atoms. The molecule has 9 heteroatoms. The number of carbonyl (C=O) groups is 1. The van der Waals surface area contributed by atoms with E-state index in [0.29, 0.717) is 12.4 Å². The maximum absolute atomic E-state index is 13.5. The SMILES string of the molecule is COc1ccc(-c2ccc3cn([C@H]4CC[C@H](CNC(=O)c5cc(F)c(O)c(F)c5)CC4)nc3c2)cn1. The Kier molecular flexibility index (Phi) is 6.54. The minimum absolute atomic E-state index is 0.149. The maximum Gasteiger partial charge on any atom is 0.251 e. The first kappa shape index (κ1) is 23.7. The average molecular weight is 493 g/mol. The summed E-state index contributed by atoms with van der Waals surface area (Å²) in [4.78, 5) is 16.6. The molecule has 1 aliphatic carbocycles. The monoisotopic (exact) mass is 492 g/mol. The van der Waals surface area contributed by atoms with Gasteiger partial charge in [0.25, 0.3) is 5.91 Å². The van der Waals surface area contributed by atoms with Gasteiger partial charge in [-0.1, -0.05) is 12.1 Å². The number of methoxy groups -OCH3 is 1. The molecular formula is C27H26F2N4O3. The van der Waals surface area contributed by atoms with Crippen LogP contribution in [-0.2, 0) is 0 Å². The fourth-order valence-electron chi connectivity index (χ4n) is 4.72. The zero-order valence-corrected chi connectivity index (χ0v) is 19.7. The molecule has 7 nitrogen and oxygen atoms in total. The number of aromatic hydroxyl groups is 1. The van der Waals surface area contributed by atoms with Crippen molar-refractivity contribution in [1.29, 1.82) is 0 Å². The molecule has 1 fully saturated rings. The van der Waals surface area contributed by atoms with Gasteiger partial charge in [0.15, 0.2) is 17.4 Å². The van der Waals surface area contributed by atoms with E-state index in [9.17, 15) is 18.7 Å². The van der Waals surface area contributed by atoms with Gasteiger partial charge in [0, 0.05) is 41.5 Å². The van der Waals surface area contributed by atoms with Gasteiger partial charge in [-0.15, -0.1) is 0 Å². The van der Waals surface area contributed by atoms with E-state index in [1.807, 2.05) is 16.8 Å². The van der Waals surface area contributed by atoms with E-state index in [0.717, 1.165) is 59.8 Å². The molecule has 0 atom stereocenters. The molecule has 1 amide bonds. The van der Waals surface area contributed by atoms with Gasteiger partial charge in [-0.2, -0.15) is 5.10 Å². The van der Waals surface area contributed by atoms with Crippen molar-refractivity contribution in [2.24, 2.45) is 5.92 Å². The van der Waals surface area contributed by atoms with Crippen molar-refractivity contribution in [1.82, 2.24) is 20.1 Å². The molecule has 1 aliphatic rings. The number of ether oxygens (including phenoxy) is 1. The number of carbonyl (C=O) groups excluding carboxylic acids is 1. The number of fused-ring (bicyclic) bond motifs is 1. The third-order valence-electron chi connectivity index (χ3n) is 6.82. The lowest BCUT2D eigenvalue weighted by atomic mass is 9.86. The number of pyridine rings is 1. The van der Waals surface area contributed by atoms with Crippen molar-refractivity contribution in [3.63, 3.8) is 0 Å². The van der Waals surface area contributed by atoms with E-state index in [1.54, 1.807) is 13.3 Å². The Balaban J connectivity index is 1.18. The van der Waals surface area contributed by atoms with E-state index in [2.05, 4.69) is 34.7 Å². The van der Waals surface area contributed by atoms with Crippen LogP contribution < -0.4 is 10.1 Å². The van der Waals surface area contributed by atoms with Crippen LogP contribution in [-0.4, -0.2) is 39.4 Å². The largest absolute Gasteiger partial charge is 0.503 e. The number of rotatable bonds is 6. The lowest BCUT2D eigenvalue weighted by molar-refractivity contribution is 0.0940. The highest BCUT2D eigenvalue weighted by molar-refractivity contribution is 5.94. The lowest BCUT2D eigenvalue weighted by Gasteiger charge is -2.28. The Bertz CT molecular complexity index is 1370. The Labute approximate surface area is 206 Å². The summed E-state index contributed by atoms with van der Waals surface area (Å²) in [5, 5.41) is 17.9. The first-order valence-electron chi connectivity index (χ1n) is 11.9. The summed E-state index contributed by atoms with van der Waals surface area (Å²) >= 11 is 0. The molecule has 1 saturated carbocycles. The van der Waals surface area contributed by atoms with Gasteiger partial charge in [0.1, 0.15) is 0 Å². The molecule has 4 aromatic rings. The van der Waals surface area contributed by atoms with E-state index >= 15 is 0 Å². The number of hydrogen-bond donors (Lipinski definition) is 2. The van der Waals surface area contributed by atoms with Gasteiger partial charge >= 0.3 is 0 Å². The van der Waals surface area contributed by atoms with Gasteiger partial charge < -0.3 is 15.2 Å². The fraction of sp³-hybridized carbons (Fsp3) is 0.296. The summed E-state index contributed by atoms with van der Waals surface area (Å²) in [6.07, 6.45) is 7.51. The van der Waals surface area contributed by atoms with Crippen LogP contribution in [0.4, 0.5) is 8.78 Å². The highest BCUT2D eigenvalue weighted by Crippen LogP contribution is 2.33. The zero-order valence-electron chi connectivity index (χ0n) is 19.7. The van der Waals surface area contributed by atoms with Crippen molar-refractivity contribution < 1.29 is 23.4 Å². The molecule has 186 valence electrons. The maximum atomic E-state index is 13.5. The Morgan fingerprint density at radius 1 is 1.08 bits per heavy atom. The molecule has 0 aliphatic heterocycles. The smallest absolute Gasteiger partial charge is 0.251 e. The second-order valence-corrected chi connectivity index (χ2v) is 9.15. The van der Waals surface area contributed by atoms with Crippen molar-refractivity contribution in [2.75, 3.05) is 13.7 Å². The summed E-state index contributed by atoms with van der Waals surface area (Å²) in [6.45, 7) is 0.427. The molecule has 0 saturated heterocycles. The van der Waals surface area contributed by atoms with Gasteiger partial charge in [0.2, 0.25) is 5.88 Å². The van der Waals surface area contributed by atoms with E-state index in [-0.39, 0.29) is 17.5 Å². The van der Waals surface area contributed by atoms with E-state index < -0.39 is 23.3 Å². The van der Waals surface area contributed by atoms with Crippen LogP contribution in [0.3, 0.4) is 0 Å². The van der Waals surface area contributed by atoms with Crippen molar-refractivity contribution in [3.8, 4) is 22.8 Å². The quantitative estimate of drug-likeness (QED) is 0.384. The van der Waals surface area contributed by atoms with Gasteiger partial charge in [-0.25, -0.2) is 13.8 Å². The lowest BCUT2D eigenvalue weighted by Crippen LogP contribution is -2.31. The normalized spacial score (nSPS) is 17.8. The first-order valence-corrected chi connectivity index (χ1v) is 11.9. The molecule has 5 rings (SSSR count). The van der Waals surface area contributed by atoms with Crippen LogP contribution in [0.1, 0.15) is 42.1 Å². The highest BCUT2D eigenvalue weighted by Gasteiger charge is 2.24. The molecule has 2 aromatic heterocycles. The zero-order chi connectivity index (χ0) is 25.2. The topological polar surface area (TPSA) is 89.3 Å². The number of amides is 1. The first-order chi connectivity index (χ1) is 17.4. The van der Waals surface area contributed by atoms with Crippen molar-refractivity contribution in [2.45, 2.75) is 31.7 Å². The minimum atomic E-state index is -1.15. The number of halogens is 2. The predicted octanol–water partition coefficient (Wildman–Crippen LogP) is 5.25. The molecule has 0 spiro atoms. The second-order valence-electron chi connectivity index (χ2n) is 9.15. The molecular weight excluding hydrogens is 466 g/mol. The minimum Gasteiger partial charge on any atom is -0.503 e. The fourth-order valence-corrected chi connectivity index (χ4v) is 4.72. The predicted molar refractivity (Wildman–Crippen MR) is 131 cm³/mol. The number of nitrogens with zero attached hydrogens (tertiary/aromatic N) is 3. The third-order valence-corrected chi connectivity index (χ3v) is 6.82. The number of benzene rings is 2. The van der Waals surface area contributed by atoms with E-state index in [4.69, 9.17) is 9.84 Å². The molecule has 2 aromatic carbocycles. The third kappa shape index (κ3) is 4.86. The summed E-state index contributed by atoms with van der Waals surface area (Å²) in [5.74, 6) is -3.10. The average Bonchev–Trinajstić information content (AvgIpc) is 3.34. The number of aromatic nitrogens is 3.